The summed E-state index contributed by atoms with van der Waals surface area (Å²) in [5.41, 5.74) is 0. The van der Waals surface area contributed by atoms with Gasteiger partial charge in [0.05, 0.1) is 0 Å². The maximum absolute atomic E-state index is 10.5. The van der Waals surface area contributed by atoms with E-state index in [1.54, 1.807) is 0 Å². The predicted molar refractivity (Wildman–Crippen MR) is 121 cm³/mol. The van der Waals surface area contributed by atoms with Gasteiger partial charge in [-0.3, -0.25) is 0 Å². The van der Waals surface area contributed by atoms with E-state index in [9.17, 15) is 9.90 Å². The second-order valence-electron chi connectivity index (χ2n) is 8.71. The molecule has 168 valence electrons. The van der Waals surface area contributed by atoms with E-state index in [0.717, 1.165) is 12.8 Å². The van der Waals surface area contributed by atoms with Crippen LogP contribution in [0.3, 0.4) is 0 Å². The molecule has 3 nitrogen and oxygen atoms in total. The molecule has 0 saturated carbocycles. The highest BCUT2D eigenvalue weighted by Crippen LogP contribution is 2.15. The van der Waals surface area contributed by atoms with Gasteiger partial charge in [0.15, 0.2) is 6.10 Å². The van der Waals surface area contributed by atoms with Crippen LogP contribution in [0.25, 0.3) is 0 Å². The van der Waals surface area contributed by atoms with Gasteiger partial charge in [-0.25, -0.2) is 4.79 Å². The molecule has 0 aromatic heterocycles. The third-order valence-electron chi connectivity index (χ3n) is 5.87. The Labute approximate surface area is 175 Å². The molecule has 28 heavy (non-hydrogen) atoms. The van der Waals surface area contributed by atoms with Crippen molar-refractivity contribution in [2.75, 3.05) is 0 Å². The lowest BCUT2D eigenvalue weighted by molar-refractivity contribution is -0.146. The summed E-state index contributed by atoms with van der Waals surface area (Å²) in [6, 6.07) is 0. The summed E-state index contributed by atoms with van der Waals surface area (Å²) < 4.78 is 0. The van der Waals surface area contributed by atoms with Crippen molar-refractivity contribution in [3.05, 3.63) is 0 Å². The number of hydrogen-bond donors (Lipinski definition) is 2. The number of carboxylic acid groups (broad SMARTS) is 1. The van der Waals surface area contributed by atoms with Gasteiger partial charge >= 0.3 is 5.97 Å². The van der Waals surface area contributed by atoms with E-state index in [-0.39, 0.29) is 0 Å². The first-order valence-electron chi connectivity index (χ1n) is 12.6. The molecule has 0 spiro atoms. The summed E-state index contributed by atoms with van der Waals surface area (Å²) >= 11 is 0. The number of carbonyl (C=O) groups is 1. The Morgan fingerprint density at radius 3 is 1.04 bits per heavy atom. The standard InChI is InChI=1S/C25H50O3/c1-2-3-4-5-6-7-8-9-10-11-12-13-14-15-16-17-18-19-20-21-22-23-24(26)25(27)28/h24,26H,2-23H2,1H3,(H,27,28). The smallest absolute Gasteiger partial charge is 0.332 e. The minimum Gasteiger partial charge on any atom is -0.479 e. The van der Waals surface area contributed by atoms with Crippen LogP contribution in [0.15, 0.2) is 0 Å². The van der Waals surface area contributed by atoms with Crippen LogP contribution in [0.4, 0.5) is 0 Å². The molecule has 0 aromatic carbocycles. The van der Waals surface area contributed by atoms with Gasteiger partial charge in [0.1, 0.15) is 0 Å². The molecule has 0 aliphatic heterocycles. The SMILES string of the molecule is CCCCCCCCCCCCCCCCCCCCCCCC(O)C(=O)O. The largest absolute Gasteiger partial charge is 0.479 e. The molecule has 3 heteroatoms. The van der Waals surface area contributed by atoms with Crippen LogP contribution in [-0.4, -0.2) is 22.3 Å². The highest BCUT2D eigenvalue weighted by atomic mass is 16.4. The van der Waals surface area contributed by atoms with Gasteiger partial charge in [0.2, 0.25) is 0 Å². The second kappa shape index (κ2) is 22.7. The van der Waals surface area contributed by atoms with E-state index in [2.05, 4.69) is 6.92 Å². The van der Waals surface area contributed by atoms with Crippen molar-refractivity contribution in [3.63, 3.8) is 0 Å². The molecule has 0 bridgehead atoms. The first kappa shape index (κ1) is 27.4. The van der Waals surface area contributed by atoms with E-state index < -0.39 is 12.1 Å². The Bertz CT molecular complexity index is 317. The number of aliphatic hydroxyl groups excluding tert-OH is 1. The van der Waals surface area contributed by atoms with E-state index in [1.807, 2.05) is 0 Å². The fraction of sp³-hybridized carbons (Fsp3) is 0.960. The topological polar surface area (TPSA) is 57.5 Å². The first-order valence-corrected chi connectivity index (χ1v) is 12.6. The van der Waals surface area contributed by atoms with Gasteiger partial charge in [-0.15, -0.1) is 0 Å². The molecule has 0 saturated heterocycles. The molecule has 1 unspecified atom stereocenters. The molecular formula is C25H50O3. The van der Waals surface area contributed by atoms with Gasteiger partial charge in [0.25, 0.3) is 0 Å². The molecular weight excluding hydrogens is 348 g/mol. The van der Waals surface area contributed by atoms with Crippen molar-refractivity contribution in [3.8, 4) is 0 Å². The number of carboxylic acids is 1. The number of aliphatic carboxylic acids is 1. The average molecular weight is 399 g/mol. The van der Waals surface area contributed by atoms with E-state index in [1.165, 1.54) is 122 Å². The van der Waals surface area contributed by atoms with Crippen molar-refractivity contribution in [1.82, 2.24) is 0 Å². The summed E-state index contributed by atoms with van der Waals surface area (Å²) in [6.07, 6.45) is 27.5. The summed E-state index contributed by atoms with van der Waals surface area (Å²) in [5, 5.41) is 17.8. The lowest BCUT2D eigenvalue weighted by Gasteiger charge is -2.05. The molecule has 0 aromatic rings. The van der Waals surface area contributed by atoms with Gasteiger partial charge < -0.3 is 10.2 Å². The fourth-order valence-electron chi connectivity index (χ4n) is 3.89. The molecule has 0 fully saturated rings. The van der Waals surface area contributed by atoms with Crippen LogP contribution < -0.4 is 0 Å². The van der Waals surface area contributed by atoms with Crippen LogP contribution in [-0.2, 0) is 4.79 Å². The van der Waals surface area contributed by atoms with Gasteiger partial charge in [0, 0.05) is 0 Å². The van der Waals surface area contributed by atoms with Gasteiger partial charge in [-0.2, -0.15) is 0 Å². The quantitative estimate of drug-likeness (QED) is 0.171. The van der Waals surface area contributed by atoms with Crippen LogP contribution in [0.1, 0.15) is 148 Å². The van der Waals surface area contributed by atoms with Crippen LogP contribution in [0.2, 0.25) is 0 Å². The Morgan fingerprint density at radius 1 is 0.536 bits per heavy atom. The zero-order valence-corrected chi connectivity index (χ0v) is 18.9. The lowest BCUT2D eigenvalue weighted by atomic mass is 10.0. The summed E-state index contributed by atoms with van der Waals surface area (Å²) in [6.45, 7) is 2.28. The van der Waals surface area contributed by atoms with Crippen LogP contribution in [0, 0.1) is 0 Å². The Balaban J connectivity index is 3.04. The van der Waals surface area contributed by atoms with Crippen LogP contribution >= 0.6 is 0 Å². The Morgan fingerprint density at radius 2 is 0.786 bits per heavy atom. The van der Waals surface area contributed by atoms with Crippen molar-refractivity contribution >= 4 is 5.97 Å². The summed E-state index contributed by atoms with van der Waals surface area (Å²) in [4.78, 5) is 10.5. The highest BCUT2D eigenvalue weighted by Gasteiger charge is 2.11. The number of hydrogen-bond acceptors (Lipinski definition) is 2. The average Bonchev–Trinajstić information content (AvgIpc) is 2.68. The lowest BCUT2D eigenvalue weighted by Crippen LogP contribution is -2.18. The Hall–Kier alpha value is -0.570. The van der Waals surface area contributed by atoms with Crippen molar-refractivity contribution in [2.24, 2.45) is 0 Å². The highest BCUT2D eigenvalue weighted by molar-refractivity contribution is 5.71. The van der Waals surface area contributed by atoms with Crippen molar-refractivity contribution in [2.45, 2.75) is 154 Å². The Kier molecular flexibility index (Phi) is 22.3. The maximum Gasteiger partial charge on any atom is 0.332 e. The number of aliphatic hydroxyl groups is 1. The van der Waals surface area contributed by atoms with E-state index >= 15 is 0 Å². The fourth-order valence-corrected chi connectivity index (χ4v) is 3.89. The number of unbranched alkanes of at least 4 members (excludes halogenated alkanes) is 20. The zero-order valence-electron chi connectivity index (χ0n) is 18.9. The third kappa shape index (κ3) is 21.7. The molecule has 0 radical (unpaired) electrons. The molecule has 1 atom stereocenters. The maximum atomic E-state index is 10.5. The van der Waals surface area contributed by atoms with Crippen LogP contribution in [0.5, 0.6) is 0 Å². The second-order valence-corrected chi connectivity index (χ2v) is 8.71. The number of rotatable bonds is 23. The molecule has 0 amide bonds. The summed E-state index contributed by atoms with van der Waals surface area (Å²) in [5.74, 6) is -1.09. The van der Waals surface area contributed by atoms with Crippen molar-refractivity contribution in [1.29, 1.82) is 0 Å². The van der Waals surface area contributed by atoms with Gasteiger partial charge in [-0.05, 0) is 6.42 Å². The molecule has 2 N–H and O–H groups in total. The minimum absolute atomic E-state index is 0.397. The van der Waals surface area contributed by atoms with E-state index in [4.69, 9.17) is 5.11 Å². The molecule has 0 rings (SSSR count). The summed E-state index contributed by atoms with van der Waals surface area (Å²) in [7, 11) is 0. The predicted octanol–water partition coefficient (Wildman–Crippen LogP) is 8.03. The first-order chi connectivity index (χ1) is 13.7. The molecule has 0 aliphatic carbocycles. The van der Waals surface area contributed by atoms with Crippen molar-refractivity contribution < 1.29 is 15.0 Å². The van der Waals surface area contributed by atoms with Gasteiger partial charge in [-0.1, -0.05) is 142 Å². The monoisotopic (exact) mass is 398 g/mol. The third-order valence-corrected chi connectivity index (χ3v) is 5.87. The minimum atomic E-state index is -1.17. The normalized spacial score (nSPS) is 12.4. The van der Waals surface area contributed by atoms with E-state index in [0.29, 0.717) is 6.42 Å². The molecule has 0 aliphatic rings. The zero-order chi connectivity index (χ0) is 20.7. The molecule has 0 heterocycles.